The van der Waals surface area contributed by atoms with E-state index in [1.165, 1.54) is 0 Å². The summed E-state index contributed by atoms with van der Waals surface area (Å²) in [6.45, 7) is 6.39. The monoisotopic (exact) mass is 359 g/mol. The fraction of sp³-hybridized carbons (Fsp3) is 0.278. The van der Waals surface area contributed by atoms with Crippen molar-refractivity contribution in [1.29, 1.82) is 0 Å². The lowest BCUT2D eigenvalue weighted by atomic mass is 10.1. The number of para-hydroxylation sites is 1. The van der Waals surface area contributed by atoms with Crippen molar-refractivity contribution in [1.82, 2.24) is 0 Å². The Morgan fingerprint density at radius 3 is 2.55 bits per heavy atom. The van der Waals surface area contributed by atoms with E-state index in [1.54, 1.807) is 6.92 Å². The van der Waals surface area contributed by atoms with Crippen molar-refractivity contribution in [3.8, 4) is 5.75 Å². The number of hydrogen-bond donors (Lipinski definition) is 0. The maximum absolute atomic E-state index is 12.8. The average Bonchev–Trinajstić information content (AvgIpc) is 2.58. The Hall–Kier alpha value is -1.81. The standard InChI is InChI=1S/C18H18BrNO2/c1-11-5-4-6-12(2)17(11)20-10-14-9-15(19)7-8-16(14)22-13(3)18(20)21/h4-9,13H,10H2,1-3H3. The third-order valence-electron chi connectivity index (χ3n) is 3.98. The molecule has 1 aliphatic rings. The molecule has 1 heterocycles. The molecule has 0 N–H and O–H groups in total. The molecule has 1 aliphatic heterocycles. The SMILES string of the molecule is Cc1cccc(C)c1N1Cc2cc(Br)ccc2OC(C)C1=O. The molecule has 0 bridgehead atoms. The van der Waals surface area contributed by atoms with Crippen molar-refractivity contribution in [3.05, 3.63) is 57.6 Å². The molecule has 0 aliphatic carbocycles. The van der Waals surface area contributed by atoms with Crippen LogP contribution in [-0.4, -0.2) is 12.0 Å². The highest BCUT2D eigenvalue weighted by Crippen LogP contribution is 2.33. The van der Waals surface area contributed by atoms with Crippen LogP contribution >= 0.6 is 15.9 Å². The summed E-state index contributed by atoms with van der Waals surface area (Å²) in [4.78, 5) is 14.6. The van der Waals surface area contributed by atoms with Gasteiger partial charge in [0.25, 0.3) is 5.91 Å². The van der Waals surface area contributed by atoms with E-state index in [0.717, 1.165) is 32.6 Å². The lowest BCUT2D eigenvalue weighted by Gasteiger charge is -2.26. The van der Waals surface area contributed by atoms with Crippen LogP contribution in [0.3, 0.4) is 0 Å². The average molecular weight is 360 g/mol. The highest BCUT2D eigenvalue weighted by Gasteiger charge is 2.30. The second-order valence-electron chi connectivity index (χ2n) is 5.68. The molecule has 114 valence electrons. The number of aryl methyl sites for hydroxylation is 2. The number of nitrogens with zero attached hydrogens (tertiary/aromatic N) is 1. The van der Waals surface area contributed by atoms with Gasteiger partial charge in [0.05, 0.1) is 6.54 Å². The van der Waals surface area contributed by atoms with Gasteiger partial charge in [-0.15, -0.1) is 0 Å². The van der Waals surface area contributed by atoms with Gasteiger partial charge in [-0.1, -0.05) is 34.1 Å². The second kappa shape index (κ2) is 5.76. The minimum absolute atomic E-state index is 0.00952. The molecule has 22 heavy (non-hydrogen) atoms. The van der Waals surface area contributed by atoms with E-state index >= 15 is 0 Å². The largest absolute Gasteiger partial charge is 0.481 e. The van der Waals surface area contributed by atoms with Gasteiger partial charge in [-0.05, 0) is 50.1 Å². The van der Waals surface area contributed by atoms with Gasteiger partial charge in [-0.3, -0.25) is 4.79 Å². The van der Waals surface area contributed by atoms with E-state index in [2.05, 4.69) is 15.9 Å². The molecular formula is C18H18BrNO2. The van der Waals surface area contributed by atoms with E-state index in [9.17, 15) is 4.79 Å². The van der Waals surface area contributed by atoms with E-state index in [1.807, 2.05) is 55.1 Å². The molecule has 3 rings (SSSR count). The highest BCUT2D eigenvalue weighted by atomic mass is 79.9. The zero-order chi connectivity index (χ0) is 15.9. The van der Waals surface area contributed by atoms with Crippen molar-refractivity contribution in [2.75, 3.05) is 4.90 Å². The number of fused-ring (bicyclic) bond motifs is 1. The minimum atomic E-state index is -0.499. The Balaban J connectivity index is 2.12. The zero-order valence-electron chi connectivity index (χ0n) is 12.9. The molecule has 0 saturated carbocycles. The van der Waals surface area contributed by atoms with Crippen molar-refractivity contribution in [2.45, 2.75) is 33.4 Å². The third-order valence-corrected chi connectivity index (χ3v) is 4.47. The predicted molar refractivity (Wildman–Crippen MR) is 91.3 cm³/mol. The Morgan fingerprint density at radius 1 is 1.18 bits per heavy atom. The first kappa shape index (κ1) is 15.1. The van der Waals surface area contributed by atoms with Crippen LogP contribution in [0.15, 0.2) is 40.9 Å². The summed E-state index contributed by atoms with van der Waals surface area (Å²) in [5.74, 6) is 0.766. The summed E-state index contributed by atoms with van der Waals surface area (Å²) in [6, 6.07) is 12.0. The summed E-state index contributed by atoms with van der Waals surface area (Å²) < 4.78 is 6.83. The number of carbonyl (C=O) groups excluding carboxylic acids is 1. The summed E-state index contributed by atoms with van der Waals surface area (Å²) >= 11 is 3.49. The number of rotatable bonds is 1. The molecule has 3 nitrogen and oxygen atoms in total. The Morgan fingerprint density at radius 2 is 1.86 bits per heavy atom. The van der Waals surface area contributed by atoms with Crippen LogP contribution < -0.4 is 9.64 Å². The molecule has 1 amide bonds. The summed E-state index contributed by atoms with van der Waals surface area (Å²) in [7, 11) is 0. The van der Waals surface area contributed by atoms with Crippen molar-refractivity contribution in [3.63, 3.8) is 0 Å². The molecule has 1 unspecified atom stereocenters. The summed E-state index contributed by atoms with van der Waals surface area (Å²) in [5.41, 5.74) is 4.18. The van der Waals surface area contributed by atoms with Gasteiger partial charge in [-0.2, -0.15) is 0 Å². The number of hydrogen-bond acceptors (Lipinski definition) is 2. The van der Waals surface area contributed by atoms with Crippen molar-refractivity contribution in [2.24, 2.45) is 0 Å². The molecule has 0 radical (unpaired) electrons. The summed E-state index contributed by atoms with van der Waals surface area (Å²) in [5, 5.41) is 0. The van der Waals surface area contributed by atoms with Crippen molar-refractivity contribution < 1.29 is 9.53 Å². The van der Waals surface area contributed by atoms with E-state index in [0.29, 0.717) is 6.54 Å². The Kier molecular flexibility index (Phi) is 3.96. The van der Waals surface area contributed by atoms with Gasteiger partial charge in [0.1, 0.15) is 5.75 Å². The van der Waals surface area contributed by atoms with Crippen LogP contribution in [0.4, 0.5) is 5.69 Å². The highest BCUT2D eigenvalue weighted by molar-refractivity contribution is 9.10. The maximum Gasteiger partial charge on any atom is 0.268 e. The molecule has 0 aromatic heterocycles. The molecule has 2 aromatic carbocycles. The van der Waals surface area contributed by atoms with Gasteiger partial charge in [0.2, 0.25) is 0 Å². The van der Waals surface area contributed by atoms with Crippen LogP contribution in [0.25, 0.3) is 0 Å². The van der Waals surface area contributed by atoms with Gasteiger partial charge in [0.15, 0.2) is 6.10 Å². The molecule has 0 saturated heterocycles. The summed E-state index contributed by atoms with van der Waals surface area (Å²) in [6.07, 6.45) is -0.499. The third kappa shape index (κ3) is 2.63. The molecule has 4 heteroatoms. The Bertz CT molecular complexity index is 722. The predicted octanol–water partition coefficient (Wildman–Crippen LogP) is 4.38. The zero-order valence-corrected chi connectivity index (χ0v) is 14.5. The fourth-order valence-electron chi connectivity index (χ4n) is 2.92. The van der Waals surface area contributed by atoms with E-state index in [-0.39, 0.29) is 5.91 Å². The minimum Gasteiger partial charge on any atom is -0.481 e. The number of anilines is 1. The molecule has 2 aromatic rings. The van der Waals surface area contributed by atoms with Gasteiger partial charge in [-0.25, -0.2) is 0 Å². The fourth-order valence-corrected chi connectivity index (χ4v) is 3.32. The van der Waals surface area contributed by atoms with Crippen LogP contribution in [0.1, 0.15) is 23.6 Å². The topological polar surface area (TPSA) is 29.5 Å². The second-order valence-corrected chi connectivity index (χ2v) is 6.59. The van der Waals surface area contributed by atoms with E-state index < -0.39 is 6.10 Å². The first-order valence-corrected chi connectivity index (χ1v) is 8.09. The van der Waals surface area contributed by atoms with Crippen LogP contribution in [0.5, 0.6) is 5.75 Å². The van der Waals surface area contributed by atoms with Crippen LogP contribution in [0, 0.1) is 13.8 Å². The molecular weight excluding hydrogens is 342 g/mol. The molecule has 0 spiro atoms. The first-order chi connectivity index (χ1) is 10.5. The Labute approximate surface area is 139 Å². The number of carbonyl (C=O) groups is 1. The first-order valence-electron chi connectivity index (χ1n) is 7.30. The number of halogens is 1. The quantitative estimate of drug-likeness (QED) is 0.755. The number of benzene rings is 2. The van der Waals surface area contributed by atoms with Crippen LogP contribution in [-0.2, 0) is 11.3 Å². The lowest BCUT2D eigenvalue weighted by molar-refractivity contribution is -0.124. The van der Waals surface area contributed by atoms with Gasteiger partial charge >= 0.3 is 0 Å². The normalized spacial score (nSPS) is 17.7. The number of amides is 1. The van der Waals surface area contributed by atoms with Gasteiger partial charge in [0, 0.05) is 15.7 Å². The molecule has 1 atom stereocenters. The number of ether oxygens (including phenoxy) is 1. The van der Waals surface area contributed by atoms with Crippen molar-refractivity contribution >= 4 is 27.5 Å². The lowest BCUT2D eigenvalue weighted by Crippen LogP contribution is -2.38. The smallest absolute Gasteiger partial charge is 0.268 e. The van der Waals surface area contributed by atoms with E-state index in [4.69, 9.17) is 4.74 Å². The molecule has 0 fully saturated rings. The van der Waals surface area contributed by atoms with Gasteiger partial charge < -0.3 is 9.64 Å². The van der Waals surface area contributed by atoms with Crippen LogP contribution in [0.2, 0.25) is 0 Å². The maximum atomic E-state index is 12.8.